The van der Waals surface area contributed by atoms with E-state index in [4.69, 9.17) is 14.2 Å². The van der Waals surface area contributed by atoms with Crippen LogP contribution in [0.1, 0.15) is 40.2 Å². The van der Waals surface area contributed by atoms with Crippen LogP contribution < -0.4 is 9.47 Å². The highest BCUT2D eigenvalue weighted by Crippen LogP contribution is 2.36. The molecule has 136 valence electrons. The Kier molecular flexibility index (Phi) is 7.14. The third kappa shape index (κ3) is 6.19. The Morgan fingerprint density at radius 1 is 1.28 bits per heavy atom. The first-order valence-corrected chi connectivity index (χ1v) is 9.57. The van der Waals surface area contributed by atoms with Crippen molar-refractivity contribution in [2.45, 2.75) is 46.3 Å². The maximum atomic E-state index is 6.26. The number of hydrogen-bond acceptors (Lipinski definition) is 3. The maximum absolute atomic E-state index is 6.26. The topological polar surface area (TPSA) is 27.7 Å². The van der Waals surface area contributed by atoms with E-state index in [-0.39, 0.29) is 6.10 Å². The summed E-state index contributed by atoms with van der Waals surface area (Å²) in [5.74, 6) is 1.52. The van der Waals surface area contributed by atoms with Gasteiger partial charge in [-0.25, -0.2) is 0 Å². The second kappa shape index (κ2) is 8.90. The first-order chi connectivity index (χ1) is 11.8. The summed E-state index contributed by atoms with van der Waals surface area (Å²) in [6.45, 7) is 11.3. The van der Waals surface area contributed by atoms with Gasteiger partial charge in [0.15, 0.2) is 11.5 Å². The van der Waals surface area contributed by atoms with E-state index in [2.05, 4.69) is 61.6 Å². The third-order valence-corrected chi connectivity index (χ3v) is 4.27. The molecule has 1 aromatic rings. The van der Waals surface area contributed by atoms with Crippen molar-refractivity contribution in [1.82, 2.24) is 0 Å². The Balaban J connectivity index is 2.16. The quantitative estimate of drug-likeness (QED) is 0.313. The molecule has 1 aliphatic rings. The normalized spacial score (nSPS) is 19.6. The number of allylic oxidation sites excluding steroid dienone is 4. The molecule has 0 saturated carbocycles. The molecule has 25 heavy (non-hydrogen) atoms. The molecule has 1 atom stereocenters. The molecule has 0 aromatic heterocycles. The number of benzene rings is 1. The molecule has 0 amide bonds. The second-order valence-electron chi connectivity index (χ2n) is 6.94. The van der Waals surface area contributed by atoms with E-state index in [9.17, 15) is 0 Å². The fourth-order valence-electron chi connectivity index (χ4n) is 2.41. The fraction of sp³-hybridized carbons (Fsp3) is 0.429. The van der Waals surface area contributed by atoms with Crippen molar-refractivity contribution in [3.8, 4) is 11.5 Å². The summed E-state index contributed by atoms with van der Waals surface area (Å²) >= 11 is 2.29. The van der Waals surface area contributed by atoms with Crippen LogP contribution in [-0.2, 0) is 4.74 Å². The van der Waals surface area contributed by atoms with Crippen LogP contribution in [-0.4, -0.2) is 24.9 Å². The van der Waals surface area contributed by atoms with Gasteiger partial charge in [-0.05, 0) is 78.5 Å². The Morgan fingerprint density at radius 2 is 2.04 bits per heavy atom. The van der Waals surface area contributed by atoms with Crippen LogP contribution in [0.2, 0.25) is 0 Å². The van der Waals surface area contributed by atoms with Crippen molar-refractivity contribution in [2.75, 3.05) is 13.2 Å². The third-order valence-electron chi connectivity index (χ3n) is 3.91. The van der Waals surface area contributed by atoms with E-state index >= 15 is 0 Å². The van der Waals surface area contributed by atoms with Crippen LogP contribution in [0.4, 0.5) is 0 Å². The highest BCUT2D eigenvalue weighted by Gasteiger charge is 2.36. The van der Waals surface area contributed by atoms with Gasteiger partial charge < -0.3 is 14.2 Å². The first-order valence-electron chi connectivity index (χ1n) is 8.49. The molecule has 0 saturated heterocycles. The van der Waals surface area contributed by atoms with Crippen LogP contribution in [0.3, 0.4) is 0 Å². The average Bonchev–Trinajstić information content (AvgIpc) is 2.62. The van der Waals surface area contributed by atoms with E-state index in [0.717, 1.165) is 17.1 Å². The lowest BCUT2D eigenvalue weighted by atomic mass is 10.0. The molecule has 1 aliphatic heterocycles. The van der Waals surface area contributed by atoms with Crippen molar-refractivity contribution < 1.29 is 14.2 Å². The Morgan fingerprint density at radius 3 is 2.72 bits per heavy atom. The summed E-state index contributed by atoms with van der Waals surface area (Å²) in [6, 6.07) is 6.01. The average molecular weight is 454 g/mol. The van der Waals surface area contributed by atoms with Gasteiger partial charge in [-0.2, -0.15) is 0 Å². The van der Waals surface area contributed by atoms with Gasteiger partial charge in [-0.15, -0.1) is 0 Å². The van der Waals surface area contributed by atoms with Gasteiger partial charge in [0.25, 0.3) is 0 Å². The van der Waals surface area contributed by atoms with Crippen molar-refractivity contribution in [3.05, 3.63) is 51.1 Å². The largest absolute Gasteiger partial charge is 0.487 e. The van der Waals surface area contributed by atoms with Gasteiger partial charge in [-0.3, -0.25) is 0 Å². The molecular formula is C21H27IO3. The van der Waals surface area contributed by atoms with Crippen LogP contribution in [0.5, 0.6) is 11.5 Å². The zero-order chi connectivity index (χ0) is 18.4. The van der Waals surface area contributed by atoms with Gasteiger partial charge in [0, 0.05) is 0 Å². The SMILES string of the molecule is CC(C)=CCO[C@H]1COc2ccc(/C=C/C=C(/C)I)cc2OC1(C)C. The van der Waals surface area contributed by atoms with Gasteiger partial charge in [0.2, 0.25) is 0 Å². The number of ether oxygens (including phenoxy) is 3. The summed E-state index contributed by atoms with van der Waals surface area (Å²) < 4.78 is 19.4. The Bertz CT molecular complexity index is 678. The molecule has 0 N–H and O–H groups in total. The van der Waals surface area contributed by atoms with Crippen molar-refractivity contribution in [3.63, 3.8) is 0 Å². The molecule has 0 unspecified atom stereocenters. The highest BCUT2D eigenvalue weighted by molar-refractivity contribution is 14.1. The van der Waals surface area contributed by atoms with Gasteiger partial charge in [0.05, 0.1) is 6.61 Å². The monoisotopic (exact) mass is 454 g/mol. The highest BCUT2D eigenvalue weighted by atomic mass is 127. The summed E-state index contributed by atoms with van der Waals surface area (Å²) in [6.07, 6.45) is 8.10. The number of halogens is 1. The van der Waals surface area contributed by atoms with E-state index in [0.29, 0.717) is 13.2 Å². The minimum atomic E-state index is -0.470. The van der Waals surface area contributed by atoms with Crippen molar-refractivity contribution >= 4 is 28.7 Å². The predicted octanol–water partition coefficient (Wildman–Crippen LogP) is 5.94. The summed E-state index contributed by atoms with van der Waals surface area (Å²) in [5.41, 5.74) is 1.85. The molecule has 3 nitrogen and oxygen atoms in total. The lowest BCUT2D eigenvalue weighted by molar-refractivity contribution is -0.0717. The van der Waals surface area contributed by atoms with Gasteiger partial charge in [-0.1, -0.05) is 35.9 Å². The molecule has 0 bridgehead atoms. The van der Waals surface area contributed by atoms with Gasteiger partial charge >= 0.3 is 0 Å². The fourth-order valence-corrected chi connectivity index (χ4v) is 2.62. The van der Waals surface area contributed by atoms with Crippen LogP contribution >= 0.6 is 22.6 Å². The van der Waals surface area contributed by atoms with E-state index < -0.39 is 5.60 Å². The molecular weight excluding hydrogens is 427 g/mol. The molecule has 2 rings (SSSR count). The molecule has 0 aliphatic carbocycles. The van der Waals surface area contributed by atoms with Crippen LogP contribution in [0, 0.1) is 0 Å². The van der Waals surface area contributed by atoms with Crippen LogP contribution in [0.15, 0.2) is 45.6 Å². The number of fused-ring (bicyclic) bond motifs is 1. The molecule has 1 aromatic carbocycles. The summed E-state index contributed by atoms with van der Waals surface area (Å²) in [7, 11) is 0. The number of rotatable bonds is 5. The molecule has 0 radical (unpaired) electrons. The van der Waals surface area contributed by atoms with Gasteiger partial charge in [0.1, 0.15) is 18.3 Å². The molecule has 4 heteroatoms. The Labute approximate surface area is 164 Å². The zero-order valence-corrected chi connectivity index (χ0v) is 17.8. The van der Waals surface area contributed by atoms with Crippen LogP contribution in [0.25, 0.3) is 6.08 Å². The first kappa shape index (κ1) is 20.0. The standard InChI is InChI=1S/C21H27IO3/c1-15(2)11-12-23-20-14-24-18-10-9-17(8-6-7-16(3)22)13-19(18)25-21(20,4)5/h6-11,13,20H,12,14H2,1-5H3/b8-6+,16-7-/t20-/m0/s1. The second-order valence-corrected chi connectivity index (χ2v) is 8.64. The van der Waals surface area contributed by atoms with E-state index in [1.807, 2.05) is 38.1 Å². The minimum Gasteiger partial charge on any atom is -0.487 e. The lowest BCUT2D eigenvalue weighted by Crippen LogP contribution is -2.45. The zero-order valence-electron chi connectivity index (χ0n) is 15.6. The molecule has 0 spiro atoms. The molecule has 0 fully saturated rings. The lowest BCUT2D eigenvalue weighted by Gasteiger charge is -2.31. The summed E-state index contributed by atoms with van der Waals surface area (Å²) in [4.78, 5) is 0. The molecule has 1 heterocycles. The minimum absolute atomic E-state index is 0.140. The maximum Gasteiger partial charge on any atom is 0.162 e. The summed E-state index contributed by atoms with van der Waals surface area (Å²) in [5, 5.41) is 0. The van der Waals surface area contributed by atoms with E-state index in [1.54, 1.807) is 0 Å². The van der Waals surface area contributed by atoms with E-state index in [1.165, 1.54) is 9.15 Å². The smallest absolute Gasteiger partial charge is 0.162 e. The predicted molar refractivity (Wildman–Crippen MR) is 113 cm³/mol. The van der Waals surface area contributed by atoms with Crippen molar-refractivity contribution in [2.24, 2.45) is 0 Å². The van der Waals surface area contributed by atoms with Crippen molar-refractivity contribution in [1.29, 1.82) is 0 Å². The Hall–Kier alpha value is -1.27. The number of hydrogen-bond donors (Lipinski definition) is 0.